The van der Waals surface area contributed by atoms with Crippen molar-refractivity contribution in [2.75, 3.05) is 28.7 Å². The van der Waals surface area contributed by atoms with E-state index in [2.05, 4.69) is 16.7 Å². The molecule has 2 aliphatic rings. The first-order valence-electron chi connectivity index (χ1n) is 7.90. The zero-order valence-electron chi connectivity index (χ0n) is 13.3. The summed E-state index contributed by atoms with van der Waals surface area (Å²) in [6, 6.07) is 13.0. The molecule has 0 aliphatic carbocycles. The molecular weight excluding hydrogens is 356 g/mol. The molecule has 2 N–H and O–H groups in total. The van der Waals surface area contributed by atoms with Crippen molar-refractivity contribution in [2.45, 2.75) is 4.58 Å². The summed E-state index contributed by atoms with van der Waals surface area (Å²) in [7, 11) is 0. The molecule has 2 heterocycles. The van der Waals surface area contributed by atoms with Crippen LogP contribution in [0.5, 0.6) is 5.75 Å². The molecule has 0 unspecified atom stereocenters. The number of nitrogens with one attached hydrogen (secondary N) is 2. The highest BCUT2D eigenvalue weighted by Gasteiger charge is 2.20. The van der Waals surface area contributed by atoms with E-state index in [1.807, 2.05) is 41.7 Å². The summed E-state index contributed by atoms with van der Waals surface area (Å²) >= 11 is 3.86. The molecular formula is C18H16N2O3S2. The van der Waals surface area contributed by atoms with Gasteiger partial charge in [-0.2, -0.15) is 0 Å². The van der Waals surface area contributed by atoms with Gasteiger partial charge in [-0.3, -0.25) is 9.59 Å². The van der Waals surface area contributed by atoms with E-state index in [1.165, 1.54) is 5.56 Å². The standard InChI is InChI=1S/C18H16N2O3S2/c21-16-10-23-15-5-4-11(9-14(15)20-16)17(22)19-13-3-1-2-12(8-13)18-24-6-7-25-18/h1-5,8-9,18H,6-7,10H2,(H,19,22)(H,20,21). The maximum absolute atomic E-state index is 12.5. The average Bonchev–Trinajstić information content (AvgIpc) is 3.16. The molecule has 0 radical (unpaired) electrons. The molecule has 4 rings (SSSR count). The maximum atomic E-state index is 12.5. The Morgan fingerprint density at radius 2 is 2.00 bits per heavy atom. The number of hydrogen-bond acceptors (Lipinski definition) is 5. The Bertz CT molecular complexity index is 835. The molecule has 1 fully saturated rings. The number of hydrogen-bond donors (Lipinski definition) is 2. The number of rotatable bonds is 3. The number of fused-ring (bicyclic) bond motifs is 1. The SMILES string of the molecule is O=C1COc2ccc(C(=O)Nc3cccc(C4SCCS4)c3)cc2N1. The topological polar surface area (TPSA) is 67.4 Å². The van der Waals surface area contributed by atoms with Crippen LogP contribution in [-0.2, 0) is 4.79 Å². The van der Waals surface area contributed by atoms with Crippen molar-refractivity contribution in [1.82, 2.24) is 0 Å². The van der Waals surface area contributed by atoms with Gasteiger partial charge in [-0.25, -0.2) is 0 Å². The van der Waals surface area contributed by atoms with Crippen molar-refractivity contribution in [3.63, 3.8) is 0 Å². The molecule has 0 atom stereocenters. The Kier molecular flexibility index (Phi) is 4.59. The van der Waals surface area contributed by atoms with Crippen LogP contribution in [0.1, 0.15) is 20.5 Å². The van der Waals surface area contributed by atoms with E-state index in [-0.39, 0.29) is 18.4 Å². The monoisotopic (exact) mass is 372 g/mol. The summed E-state index contributed by atoms with van der Waals surface area (Å²) in [5, 5.41) is 5.64. The van der Waals surface area contributed by atoms with Gasteiger partial charge in [0.2, 0.25) is 0 Å². The highest BCUT2D eigenvalue weighted by atomic mass is 32.2. The second-order valence-electron chi connectivity index (χ2n) is 5.70. The van der Waals surface area contributed by atoms with Gasteiger partial charge in [0.1, 0.15) is 5.75 Å². The molecule has 128 valence electrons. The highest BCUT2D eigenvalue weighted by molar-refractivity contribution is 8.19. The largest absolute Gasteiger partial charge is 0.482 e. The minimum atomic E-state index is -0.218. The zero-order chi connectivity index (χ0) is 17.2. The zero-order valence-corrected chi connectivity index (χ0v) is 14.9. The van der Waals surface area contributed by atoms with Gasteiger partial charge in [0.05, 0.1) is 10.3 Å². The van der Waals surface area contributed by atoms with Gasteiger partial charge in [0.25, 0.3) is 11.8 Å². The van der Waals surface area contributed by atoms with Gasteiger partial charge < -0.3 is 15.4 Å². The molecule has 2 aliphatic heterocycles. The first-order chi connectivity index (χ1) is 12.2. The van der Waals surface area contributed by atoms with Crippen molar-refractivity contribution in [3.05, 3.63) is 53.6 Å². The predicted octanol–water partition coefficient (Wildman–Crippen LogP) is 3.75. The molecule has 2 aromatic carbocycles. The third-order valence-corrected chi connectivity index (χ3v) is 7.02. The summed E-state index contributed by atoms with van der Waals surface area (Å²) in [6.45, 7) is 0.00251. The number of carbonyl (C=O) groups is 2. The first-order valence-corrected chi connectivity index (χ1v) is 10.00. The van der Waals surface area contributed by atoms with Crippen molar-refractivity contribution >= 4 is 46.7 Å². The number of amides is 2. The van der Waals surface area contributed by atoms with Crippen LogP contribution in [-0.4, -0.2) is 29.9 Å². The van der Waals surface area contributed by atoms with E-state index in [0.717, 1.165) is 17.2 Å². The van der Waals surface area contributed by atoms with Crippen LogP contribution in [0, 0.1) is 0 Å². The normalized spacial score (nSPS) is 16.7. The van der Waals surface area contributed by atoms with Crippen LogP contribution in [0.25, 0.3) is 0 Å². The van der Waals surface area contributed by atoms with E-state index < -0.39 is 0 Å². The third-order valence-electron chi connectivity index (χ3n) is 3.91. The Hall–Kier alpha value is -2.12. The lowest BCUT2D eigenvalue weighted by Gasteiger charge is -2.18. The van der Waals surface area contributed by atoms with Crippen LogP contribution in [0.15, 0.2) is 42.5 Å². The summed E-state index contributed by atoms with van der Waals surface area (Å²) in [6.07, 6.45) is 0. The van der Waals surface area contributed by atoms with Crippen LogP contribution >= 0.6 is 23.5 Å². The third kappa shape index (κ3) is 3.62. The Morgan fingerprint density at radius 3 is 2.84 bits per heavy atom. The summed E-state index contributed by atoms with van der Waals surface area (Å²) in [4.78, 5) is 24.0. The van der Waals surface area contributed by atoms with Crippen LogP contribution in [0.3, 0.4) is 0 Å². The minimum Gasteiger partial charge on any atom is -0.482 e. The Labute approximate surface area is 153 Å². The van der Waals surface area contributed by atoms with Gasteiger partial charge >= 0.3 is 0 Å². The second-order valence-corrected chi connectivity index (χ2v) is 8.43. The molecule has 2 amide bonds. The van der Waals surface area contributed by atoms with E-state index in [4.69, 9.17) is 4.74 Å². The molecule has 25 heavy (non-hydrogen) atoms. The fraction of sp³-hybridized carbons (Fsp3) is 0.222. The Balaban J connectivity index is 1.51. The van der Waals surface area contributed by atoms with Gasteiger partial charge in [0, 0.05) is 22.8 Å². The lowest BCUT2D eigenvalue weighted by atomic mass is 10.1. The van der Waals surface area contributed by atoms with Gasteiger partial charge in [-0.15, -0.1) is 23.5 Å². The fourth-order valence-corrected chi connectivity index (χ4v) is 5.58. The number of thioether (sulfide) groups is 2. The van der Waals surface area contributed by atoms with Gasteiger partial charge in [-0.05, 0) is 35.9 Å². The number of anilines is 2. The van der Waals surface area contributed by atoms with E-state index in [1.54, 1.807) is 18.2 Å². The van der Waals surface area contributed by atoms with Crippen molar-refractivity contribution in [2.24, 2.45) is 0 Å². The van der Waals surface area contributed by atoms with E-state index in [9.17, 15) is 9.59 Å². The van der Waals surface area contributed by atoms with Crippen LogP contribution < -0.4 is 15.4 Å². The van der Waals surface area contributed by atoms with Crippen molar-refractivity contribution < 1.29 is 14.3 Å². The average molecular weight is 372 g/mol. The Morgan fingerprint density at radius 1 is 1.16 bits per heavy atom. The van der Waals surface area contributed by atoms with Gasteiger partial charge in [-0.1, -0.05) is 12.1 Å². The quantitative estimate of drug-likeness (QED) is 0.859. The summed E-state index contributed by atoms with van der Waals surface area (Å²) < 4.78 is 5.75. The van der Waals surface area contributed by atoms with Crippen molar-refractivity contribution in [1.29, 1.82) is 0 Å². The second kappa shape index (κ2) is 7.01. The first kappa shape index (κ1) is 16.4. The molecule has 0 spiro atoms. The molecule has 2 aromatic rings. The molecule has 0 bridgehead atoms. The minimum absolute atomic E-state index is 0.00251. The lowest BCUT2D eigenvalue weighted by Crippen LogP contribution is -2.25. The van der Waals surface area contributed by atoms with Gasteiger partial charge in [0.15, 0.2) is 6.61 Å². The molecule has 1 saturated heterocycles. The van der Waals surface area contributed by atoms with Crippen molar-refractivity contribution in [3.8, 4) is 5.75 Å². The summed E-state index contributed by atoms with van der Waals surface area (Å²) in [5.74, 6) is 2.47. The predicted molar refractivity (Wildman–Crippen MR) is 103 cm³/mol. The van der Waals surface area contributed by atoms with E-state index >= 15 is 0 Å². The van der Waals surface area contributed by atoms with Crippen LogP contribution in [0.2, 0.25) is 0 Å². The fourth-order valence-electron chi connectivity index (χ4n) is 2.74. The molecule has 0 saturated carbocycles. The number of benzene rings is 2. The molecule has 0 aromatic heterocycles. The van der Waals surface area contributed by atoms with Crippen LogP contribution in [0.4, 0.5) is 11.4 Å². The number of ether oxygens (including phenoxy) is 1. The molecule has 7 heteroatoms. The maximum Gasteiger partial charge on any atom is 0.262 e. The van der Waals surface area contributed by atoms with E-state index in [0.29, 0.717) is 21.6 Å². The summed E-state index contributed by atoms with van der Waals surface area (Å²) in [5.41, 5.74) is 2.99. The lowest BCUT2D eigenvalue weighted by molar-refractivity contribution is -0.118. The highest BCUT2D eigenvalue weighted by Crippen LogP contribution is 2.45. The smallest absolute Gasteiger partial charge is 0.262 e. The molecule has 5 nitrogen and oxygen atoms in total. The number of carbonyl (C=O) groups excluding carboxylic acids is 2.